The second-order valence-corrected chi connectivity index (χ2v) is 12.2. The largest absolute Gasteiger partial charge is 0.397 e. The predicted molar refractivity (Wildman–Crippen MR) is 139 cm³/mol. The van der Waals surface area contributed by atoms with Crippen molar-refractivity contribution in [3.8, 4) is 11.3 Å². The van der Waals surface area contributed by atoms with Gasteiger partial charge in [0, 0.05) is 42.4 Å². The van der Waals surface area contributed by atoms with Crippen molar-refractivity contribution >= 4 is 72.4 Å². The number of rotatable bonds is 8. The van der Waals surface area contributed by atoms with Gasteiger partial charge < -0.3 is 16.4 Å². The van der Waals surface area contributed by atoms with Crippen molar-refractivity contribution in [3.63, 3.8) is 0 Å². The quantitative estimate of drug-likeness (QED) is 0.299. The number of nitrogens with zero attached hydrogens (tertiary/aromatic N) is 3. The molecular weight excluding hydrogens is 501 g/mol. The molecule has 0 unspecified atom stereocenters. The first-order chi connectivity index (χ1) is 15.8. The SMILES string of the molecule is CSc1nc(-c2cccc(NS(=O)(=O)CCN3CCSCC3)c2)c2c(N)c(C(N)=O)sc2n1. The minimum absolute atomic E-state index is 0.0235. The summed E-state index contributed by atoms with van der Waals surface area (Å²) in [5.74, 6) is 1.46. The lowest BCUT2D eigenvalue weighted by Crippen LogP contribution is -2.37. The van der Waals surface area contributed by atoms with Crippen LogP contribution in [0.4, 0.5) is 11.4 Å². The van der Waals surface area contributed by atoms with E-state index in [-0.39, 0.29) is 16.3 Å². The maximum atomic E-state index is 12.7. The van der Waals surface area contributed by atoms with E-state index in [9.17, 15) is 13.2 Å². The average Bonchev–Trinajstić information content (AvgIpc) is 3.14. The van der Waals surface area contributed by atoms with E-state index in [4.69, 9.17) is 11.5 Å². The number of primary amides is 1. The number of thiophene rings is 1. The Bertz CT molecular complexity index is 1290. The van der Waals surface area contributed by atoms with Crippen LogP contribution in [0, 0.1) is 0 Å². The first-order valence-corrected chi connectivity index (χ1v) is 15.0. The Balaban J connectivity index is 1.64. The zero-order chi connectivity index (χ0) is 23.6. The molecule has 0 atom stereocenters. The van der Waals surface area contributed by atoms with Gasteiger partial charge in [-0.2, -0.15) is 11.8 Å². The monoisotopic (exact) mass is 524 g/mol. The summed E-state index contributed by atoms with van der Waals surface area (Å²) in [6.07, 6.45) is 1.85. The molecular formula is C20H24N6O3S4. The van der Waals surface area contributed by atoms with Crippen LogP contribution < -0.4 is 16.2 Å². The van der Waals surface area contributed by atoms with Crippen LogP contribution >= 0.6 is 34.9 Å². The van der Waals surface area contributed by atoms with Gasteiger partial charge >= 0.3 is 0 Å². The molecule has 0 bridgehead atoms. The molecule has 0 spiro atoms. The smallest absolute Gasteiger partial charge is 0.260 e. The molecule has 1 aliphatic heterocycles. The van der Waals surface area contributed by atoms with Crippen LogP contribution in [0.25, 0.3) is 21.5 Å². The Morgan fingerprint density at radius 3 is 2.73 bits per heavy atom. The first kappa shape index (κ1) is 24.1. The molecule has 2 aromatic heterocycles. The van der Waals surface area contributed by atoms with E-state index in [2.05, 4.69) is 19.6 Å². The number of aromatic nitrogens is 2. The van der Waals surface area contributed by atoms with E-state index in [0.29, 0.717) is 38.9 Å². The topological polar surface area (TPSA) is 144 Å². The standard InChI is InChI=1S/C20H24N6O3S4/c1-30-20-23-16(14-15(21)17(18(22)27)32-19(14)24-20)12-3-2-4-13(11-12)25-33(28,29)10-7-26-5-8-31-9-6-26/h2-4,11,25H,5-10,21H2,1H3,(H2,22,27). The van der Waals surface area contributed by atoms with Gasteiger partial charge in [0.25, 0.3) is 5.91 Å². The molecule has 5 N–H and O–H groups in total. The number of benzene rings is 1. The van der Waals surface area contributed by atoms with Crippen molar-refractivity contribution in [1.82, 2.24) is 14.9 Å². The number of carbonyl (C=O) groups excluding carboxylic acids is 1. The fraction of sp³-hybridized carbons (Fsp3) is 0.350. The summed E-state index contributed by atoms with van der Waals surface area (Å²) in [5.41, 5.74) is 13.5. The number of anilines is 2. The van der Waals surface area contributed by atoms with Gasteiger partial charge in [-0.25, -0.2) is 18.4 Å². The fourth-order valence-electron chi connectivity index (χ4n) is 3.52. The highest BCUT2D eigenvalue weighted by Crippen LogP contribution is 2.39. The number of nitrogens with one attached hydrogen (secondary N) is 1. The maximum Gasteiger partial charge on any atom is 0.260 e. The van der Waals surface area contributed by atoms with Crippen LogP contribution in [0.15, 0.2) is 29.4 Å². The number of thioether (sulfide) groups is 2. The van der Waals surface area contributed by atoms with E-state index in [1.54, 1.807) is 18.2 Å². The summed E-state index contributed by atoms with van der Waals surface area (Å²) < 4.78 is 28.1. The third-order valence-electron chi connectivity index (χ3n) is 5.16. The third kappa shape index (κ3) is 5.54. The number of sulfonamides is 1. The second-order valence-electron chi connectivity index (χ2n) is 7.40. The van der Waals surface area contributed by atoms with Crippen molar-refractivity contribution in [2.75, 3.05) is 53.6 Å². The Kier molecular flexibility index (Phi) is 7.34. The Hall–Kier alpha value is -2.06. The molecule has 0 saturated carbocycles. The van der Waals surface area contributed by atoms with Gasteiger partial charge in [-0.15, -0.1) is 11.3 Å². The molecule has 4 rings (SSSR count). The van der Waals surface area contributed by atoms with E-state index in [1.807, 2.05) is 24.1 Å². The van der Waals surface area contributed by atoms with Crippen molar-refractivity contribution in [2.24, 2.45) is 5.73 Å². The zero-order valence-electron chi connectivity index (χ0n) is 17.9. The molecule has 1 aliphatic rings. The van der Waals surface area contributed by atoms with Gasteiger partial charge in [0.1, 0.15) is 9.71 Å². The molecule has 3 heterocycles. The van der Waals surface area contributed by atoms with E-state index < -0.39 is 15.9 Å². The van der Waals surface area contributed by atoms with E-state index in [1.165, 1.54) is 11.8 Å². The molecule has 1 saturated heterocycles. The number of nitrogen functional groups attached to an aromatic ring is 1. The van der Waals surface area contributed by atoms with Crippen LogP contribution in [0.2, 0.25) is 0 Å². The minimum Gasteiger partial charge on any atom is -0.397 e. The van der Waals surface area contributed by atoms with Crippen LogP contribution in [-0.4, -0.2) is 72.3 Å². The van der Waals surface area contributed by atoms with Gasteiger partial charge in [0.15, 0.2) is 5.16 Å². The molecule has 9 nitrogen and oxygen atoms in total. The molecule has 1 amide bonds. The highest BCUT2D eigenvalue weighted by atomic mass is 32.2. The number of carbonyl (C=O) groups is 1. The van der Waals surface area contributed by atoms with Crippen LogP contribution in [0.3, 0.4) is 0 Å². The number of nitrogens with two attached hydrogens (primary N) is 2. The van der Waals surface area contributed by atoms with Crippen molar-refractivity contribution in [2.45, 2.75) is 5.16 Å². The average molecular weight is 525 g/mol. The van der Waals surface area contributed by atoms with E-state index >= 15 is 0 Å². The predicted octanol–water partition coefficient (Wildman–Crippen LogP) is 2.55. The van der Waals surface area contributed by atoms with Crippen molar-refractivity contribution in [1.29, 1.82) is 0 Å². The summed E-state index contributed by atoms with van der Waals surface area (Å²) in [4.78, 5) is 23.8. The molecule has 1 aromatic carbocycles. The number of amides is 1. The Labute approximate surface area is 204 Å². The number of hydrogen-bond acceptors (Lipinski definition) is 10. The zero-order valence-corrected chi connectivity index (χ0v) is 21.2. The normalized spacial score (nSPS) is 15.1. The highest BCUT2D eigenvalue weighted by molar-refractivity contribution is 7.99. The Morgan fingerprint density at radius 1 is 1.27 bits per heavy atom. The van der Waals surface area contributed by atoms with Gasteiger partial charge in [0.05, 0.1) is 22.5 Å². The molecule has 0 radical (unpaired) electrons. The lowest BCUT2D eigenvalue weighted by atomic mass is 10.1. The molecule has 1 fully saturated rings. The summed E-state index contributed by atoms with van der Waals surface area (Å²) in [5, 5.41) is 1.05. The molecule has 3 aromatic rings. The highest BCUT2D eigenvalue weighted by Gasteiger charge is 2.21. The number of hydrogen-bond donors (Lipinski definition) is 3. The van der Waals surface area contributed by atoms with Crippen LogP contribution in [0.5, 0.6) is 0 Å². The van der Waals surface area contributed by atoms with Crippen molar-refractivity contribution in [3.05, 3.63) is 29.1 Å². The molecule has 176 valence electrons. The van der Waals surface area contributed by atoms with E-state index in [0.717, 1.165) is 35.9 Å². The van der Waals surface area contributed by atoms with Crippen LogP contribution in [0.1, 0.15) is 9.67 Å². The van der Waals surface area contributed by atoms with Gasteiger partial charge in [-0.3, -0.25) is 9.52 Å². The third-order valence-corrected chi connectivity index (χ3v) is 9.03. The second kappa shape index (κ2) is 10.1. The minimum atomic E-state index is -3.52. The van der Waals surface area contributed by atoms with Gasteiger partial charge in [-0.05, 0) is 18.4 Å². The molecule has 33 heavy (non-hydrogen) atoms. The summed E-state index contributed by atoms with van der Waals surface area (Å²) in [6.45, 7) is 2.32. The van der Waals surface area contributed by atoms with Crippen molar-refractivity contribution < 1.29 is 13.2 Å². The number of fused-ring (bicyclic) bond motifs is 1. The lowest BCUT2D eigenvalue weighted by Gasteiger charge is -2.25. The summed E-state index contributed by atoms with van der Waals surface area (Å²) in [6, 6.07) is 6.97. The molecule has 0 aliphatic carbocycles. The van der Waals surface area contributed by atoms with Gasteiger partial charge in [0.2, 0.25) is 10.0 Å². The Morgan fingerprint density at radius 2 is 2.03 bits per heavy atom. The first-order valence-electron chi connectivity index (χ1n) is 10.1. The summed E-state index contributed by atoms with van der Waals surface area (Å²) >= 11 is 4.37. The fourth-order valence-corrected chi connectivity index (χ4v) is 6.96. The molecule has 13 heteroatoms. The lowest BCUT2D eigenvalue weighted by molar-refractivity contribution is 0.100. The van der Waals surface area contributed by atoms with Gasteiger partial charge in [-0.1, -0.05) is 23.9 Å². The maximum absolute atomic E-state index is 12.7. The van der Waals surface area contributed by atoms with Crippen LogP contribution in [-0.2, 0) is 10.0 Å². The summed E-state index contributed by atoms with van der Waals surface area (Å²) in [7, 11) is -3.52.